The Kier molecular flexibility index (Phi) is 3.56. The summed E-state index contributed by atoms with van der Waals surface area (Å²) in [6.07, 6.45) is 3.43. The van der Waals surface area contributed by atoms with Crippen LogP contribution < -0.4 is 10.2 Å². The van der Waals surface area contributed by atoms with E-state index in [2.05, 4.69) is 20.2 Å². The van der Waals surface area contributed by atoms with Gasteiger partial charge in [0.25, 0.3) is 0 Å². The minimum Gasteiger partial charge on any atom is -0.391 e. The zero-order valence-electron chi connectivity index (χ0n) is 9.56. The Morgan fingerprint density at radius 3 is 3.25 bits per heavy atom. The van der Waals surface area contributed by atoms with Crippen molar-refractivity contribution in [2.24, 2.45) is 0 Å². The van der Waals surface area contributed by atoms with Crippen LogP contribution in [0.1, 0.15) is 19.8 Å². The van der Waals surface area contributed by atoms with Crippen LogP contribution in [0.3, 0.4) is 0 Å². The molecular weight excluding hydrogens is 204 g/mol. The minimum atomic E-state index is -0.230. The van der Waals surface area contributed by atoms with E-state index in [1.165, 1.54) is 0 Å². The van der Waals surface area contributed by atoms with Gasteiger partial charge in [0.2, 0.25) is 5.95 Å². The normalized spacial score (nSPS) is 20.9. The first-order valence-electron chi connectivity index (χ1n) is 5.79. The number of rotatable bonds is 3. The molecule has 0 saturated carbocycles. The second-order valence-corrected chi connectivity index (χ2v) is 4.01. The zero-order chi connectivity index (χ0) is 11.4. The molecule has 1 aromatic rings. The average molecular weight is 222 g/mol. The smallest absolute Gasteiger partial charge is 0.224 e. The van der Waals surface area contributed by atoms with Crippen LogP contribution in [-0.2, 0) is 0 Å². The van der Waals surface area contributed by atoms with E-state index >= 15 is 0 Å². The van der Waals surface area contributed by atoms with Crippen LogP contribution in [0.25, 0.3) is 0 Å². The van der Waals surface area contributed by atoms with Gasteiger partial charge in [-0.15, -0.1) is 0 Å². The number of piperidine rings is 1. The Labute approximate surface area is 95.5 Å². The maximum atomic E-state index is 9.61. The van der Waals surface area contributed by atoms with E-state index in [0.717, 1.165) is 31.7 Å². The van der Waals surface area contributed by atoms with Crippen molar-refractivity contribution in [1.29, 1.82) is 0 Å². The molecule has 0 aromatic carbocycles. The summed E-state index contributed by atoms with van der Waals surface area (Å²) in [6, 6.07) is 1.89. The molecular formula is C11H18N4O. The number of hydrogen-bond donors (Lipinski definition) is 2. The molecule has 1 saturated heterocycles. The van der Waals surface area contributed by atoms with Crippen molar-refractivity contribution in [2.45, 2.75) is 25.9 Å². The van der Waals surface area contributed by atoms with Gasteiger partial charge in [0.15, 0.2) is 0 Å². The van der Waals surface area contributed by atoms with Gasteiger partial charge in [0, 0.05) is 25.8 Å². The lowest BCUT2D eigenvalue weighted by Crippen LogP contribution is -2.38. The Balaban J connectivity index is 2.09. The van der Waals surface area contributed by atoms with Gasteiger partial charge in [-0.2, -0.15) is 4.98 Å². The van der Waals surface area contributed by atoms with Crippen molar-refractivity contribution in [2.75, 3.05) is 29.9 Å². The number of nitrogens with zero attached hydrogens (tertiary/aromatic N) is 3. The van der Waals surface area contributed by atoms with E-state index in [1.807, 2.05) is 13.0 Å². The third-order valence-electron chi connectivity index (χ3n) is 2.70. The molecule has 0 spiro atoms. The second kappa shape index (κ2) is 5.12. The van der Waals surface area contributed by atoms with E-state index in [-0.39, 0.29) is 6.10 Å². The molecule has 0 amide bonds. The Morgan fingerprint density at radius 2 is 2.50 bits per heavy atom. The summed E-state index contributed by atoms with van der Waals surface area (Å²) in [5, 5.41) is 12.7. The van der Waals surface area contributed by atoms with Gasteiger partial charge >= 0.3 is 0 Å². The third kappa shape index (κ3) is 2.61. The van der Waals surface area contributed by atoms with Crippen molar-refractivity contribution >= 4 is 11.8 Å². The molecule has 1 aromatic heterocycles. The molecule has 1 aliphatic heterocycles. The number of anilines is 2. The highest BCUT2D eigenvalue weighted by Crippen LogP contribution is 2.18. The van der Waals surface area contributed by atoms with Crippen molar-refractivity contribution in [3.63, 3.8) is 0 Å². The molecule has 88 valence electrons. The van der Waals surface area contributed by atoms with Gasteiger partial charge in [-0.3, -0.25) is 0 Å². The summed E-state index contributed by atoms with van der Waals surface area (Å²) in [7, 11) is 0. The molecule has 2 heterocycles. The molecule has 0 bridgehead atoms. The quantitative estimate of drug-likeness (QED) is 0.794. The Bertz CT molecular complexity index is 345. The largest absolute Gasteiger partial charge is 0.391 e. The van der Waals surface area contributed by atoms with E-state index in [0.29, 0.717) is 12.5 Å². The van der Waals surface area contributed by atoms with E-state index in [4.69, 9.17) is 0 Å². The number of nitrogens with one attached hydrogen (secondary N) is 1. The molecule has 0 aliphatic carbocycles. The number of hydrogen-bond acceptors (Lipinski definition) is 5. The molecule has 1 aliphatic rings. The van der Waals surface area contributed by atoms with Crippen molar-refractivity contribution in [1.82, 2.24) is 9.97 Å². The van der Waals surface area contributed by atoms with Gasteiger partial charge < -0.3 is 15.3 Å². The summed E-state index contributed by atoms with van der Waals surface area (Å²) in [5.74, 6) is 1.55. The fraction of sp³-hybridized carbons (Fsp3) is 0.636. The van der Waals surface area contributed by atoms with Crippen molar-refractivity contribution < 1.29 is 5.11 Å². The lowest BCUT2D eigenvalue weighted by Gasteiger charge is -2.31. The zero-order valence-corrected chi connectivity index (χ0v) is 9.56. The highest BCUT2D eigenvalue weighted by atomic mass is 16.3. The van der Waals surface area contributed by atoms with E-state index in [1.54, 1.807) is 6.20 Å². The molecule has 1 unspecified atom stereocenters. The molecule has 2 rings (SSSR count). The summed E-state index contributed by atoms with van der Waals surface area (Å²) < 4.78 is 0. The molecule has 0 radical (unpaired) electrons. The van der Waals surface area contributed by atoms with Crippen LogP contribution in [0, 0.1) is 0 Å². The van der Waals surface area contributed by atoms with Gasteiger partial charge in [0.05, 0.1) is 6.10 Å². The molecule has 2 N–H and O–H groups in total. The predicted octanol–water partition coefficient (Wildman–Crippen LogP) is 0.869. The molecule has 16 heavy (non-hydrogen) atoms. The highest BCUT2D eigenvalue weighted by Gasteiger charge is 2.18. The second-order valence-electron chi connectivity index (χ2n) is 4.01. The van der Waals surface area contributed by atoms with Crippen LogP contribution in [0.4, 0.5) is 11.8 Å². The predicted molar refractivity (Wildman–Crippen MR) is 63.6 cm³/mol. The summed E-state index contributed by atoms with van der Waals surface area (Å²) in [5.41, 5.74) is 0. The Morgan fingerprint density at radius 1 is 1.62 bits per heavy atom. The van der Waals surface area contributed by atoms with Crippen molar-refractivity contribution in [3.05, 3.63) is 12.3 Å². The van der Waals surface area contributed by atoms with Gasteiger partial charge in [-0.25, -0.2) is 4.98 Å². The van der Waals surface area contributed by atoms with Crippen LogP contribution in [0.5, 0.6) is 0 Å². The molecule has 5 nitrogen and oxygen atoms in total. The first-order chi connectivity index (χ1) is 7.79. The highest BCUT2D eigenvalue weighted by molar-refractivity contribution is 5.42. The van der Waals surface area contributed by atoms with Crippen LogP contribution >= 0.6 is 0 Å². The maximum Gasteiger partial charge on any atom is 0.224 e. The molecule has 1 atom stereocenters. The van der Waals surface area contributed by atoms with E-state index in [9.17, 15) is 5.11 Å². The number of aromatic nitrogens is 2. The van der Waals surface area contributed by atoms with Crippen molar-refractivity contribution in [3.8, 4) is 0 Å². The summed E-state index contributed by atoms with van der Waals surface area (Å²) in [4.78, 5) is 10.7. The monoisotopic (exact) mass is 222 g/mol. The number of aliphatic hydroxyl groups excluding tert-OH is 1. The summed E-state index contributed by atoms with van der Waals surface area (Å²) >= 11 is 0. The van der Waals surface area contributed by atoms with Crippen LogP contribution in [0.15, 0.2) is 12.3 Å². The standard InChI is InChI=1S/C11H18N4O/c1-2-12-11-13-6-5-10(14-11)15-7-3-4-9(16)8-15/h5-6,9,16H,2-4,7-8H2,1H3,(H,12,13,14). The van der Waals surface area contributed by atoms with Crippen LogP contribution in [0.2, 0.25) is 0 Å². The SMILES string of the molecule is CCNc1nccc(N2CCCC(O)C2)n1. The minimum absolute atomic E-state index is 0.230. The number of aliphatic hydroxyl groups is 1. The topological polar surface area (TPSA) is 61.3 Å². The lowest BCUT2D eigenvalue weighted by molar-refractivity contribution is 0.154. The van der Waals surface area contributed by atoms with Gasteiger partial charge in [-0.1, -0.05) is 0 Å². The molecule has 5 heteroatoms. The Hall–Kier alpha value is -1.36. The average Bonchev–Trinajstić information content (AvgIpc) is 2.30. The fourth-order valence-corrected chi connectivity index (χ4v) is 1.93. The number of β-amino-alcohol motifs (C(OH)–C–C–N with tert-alkyl or cyclic N) is 1. The lowest BCUT2D eigenvalue weighted by atomic mass is 10.1. The fourth-order valence-electron chi connectivity index (χ4n) is 1.93. The van der Waals surface area contributed by atoms with Gasteiger partial charge in [0.1, 0.15) is 5.82 Å². The first-order valence-corrected chi connectivity index (χ1v) is 5.79. The van der Waals surface area contributed by atoms with E-state index < -0.39 is 0 Å². The molecule has 1 fully saturated rings. The third-order valence-corrected chi connectivity index (χ3v) is 2.70. The maximum absolute atomic E-state index is 9.61. The van der Waals surface area contributed by atoms with Gasteiger partial charge in [-0.05, 0) is 25.8 Å². The summed E-state index contributed by atoms with van der Waals surface area (Å²) in [6.45, 7) is 4.45. The van der Waals surface area contributed by atoms with Crippen LogP contribution in [-0.4, -0.2) is 40.8 Å². The first kappa shape index (κ1) is 11.1.